The lowest BCUT2D eigenvalue weighted by atomic mass is 10.1. The molecule has 1 atom stereocenters. The number of nitrogens with one attached hydrogen (secondary N) is 1. The Labute approximate surface area is 118 Å². The van der Waals surface area contributed by atoms with Gasteiger partial charge in [0.05, 0.1) is 5.69 Å². The summed E-state index contributed by atoms with van der Waals surface area (Å²) in [7, 11) is 0. The second-order valence-corrected chi connectivity index (χ2v) is 5.26. The fourth-order valence-electron chi connectivity index (χ4n) is 1.43. The molecule has 1 amide bonds. The number of anilines is 1. The quantitative estimate of drug-likeness (QED) is 0.907. The molecule has 1 heterocycles. The summed E-state index contributed by atoms with van der Waals surface area (Å²) < 4.78 is 0. The third-order valence-electron chi connectivity index (χ3n) is 2.24. The zero-order valence-electron chi connectivity index (χ0n) is 9.06. The van der Waals surface area contributed by atoms with E-state index in [1.54, 1.807) is 11.4 Å². The van der Waals surface area contributed by atoms with Crippen LogP contribution in [0.15, 0.2) is 35.0 Å². The molecule has 2 aromatic rings. The van der Waals surface area contributed by atoms with Crippen molar-refractivity contribution >= 4 is 46.1 Å². The van der Waals surface area contributed by atoms with Gasteiger partial charge in [0, 0.05) is 15.4 Å². The molecule has 0 spiro atoms. The van der Waals surface area contributed by atoms with Gasteiger partial charge in [0.25, 0.3) is 5.91 Å². The van der Waals surface area contributed by atoms with E-state index in [0.29, 0.717) is 21.3 Å². The summed E-state index contributed by atoms with van der Waals surface area (Å²) in [5.74, 6) is -0.522. The fourth-order valence-corrected chi connectivity index (χ4v) is 2.56. The maximum absolute atomic E-state index is 11.8. The highest BCUT2D eigenvalue weighted by Crippen LogP contribution is 2.24. The lowest BCUT2D eigenvalue weighted by Gasteiger charge is -2.11. The van der Waals surface area contributed by atoms with E-state index in [9.17, 15) is 9.90 Å². The second-order valence-electron chi connectivity index (χ2n) is 3.61. The smallest absolute Gasteiger partial charge is 0.257 e. The van der Waals surface area contributed by atoms with Gasteiger partial charge in [-0.05, 0) is 35.2 Å². The Balaban J connectivity index is 2.15. The van der Waals surface area contributed by atoms with Crippen LogP contribution >= 0.6 is 34.5 Å². The molecule has 0 aliphatic rings. The van der Waals surface area contributed by atoms with Crippen molar-refractivity contribution in [2.45, 2.75) is 6.10 Å². The Bertz CT molecular complexity index is 537. The van der Waals surface area contributed by atoms with Crippen molar-refractivity contribution in [2.75, 3.05) is 5.32 Å². The van der Waals surface area contributed by atoms with Crippen molar-refractivity contribution in [1.29, 1.82) is 0 Å². The summed E-state index contributed by atoms with van der Waals surface area (Å²) in [4.78, 5) is 11.8. The van der Waals surface area contributed by atoms with E-state index in [1.165, 1.54) is 29.5 Å². The molecule has 3 nitrogen and oxygen atoms in total. The maximum atomic E-state index is 11.8. The normalized spacial score (nSPS) is 12.2. The molecule has 6 heteroatoms. The van der Waals surface area contributed by atoms with E-state index < -0.39 is 12.0 Å². The molecule has 18 heavy (non-hydrogen) atoms. The number of aliphatic hydroxyl groups excluding tert-OH is 1. The van der Waals surface area contributed by atoms with Crippen molar-refractivity contribution in [3.05, 3.63) is 50.6 Å². The van der Waals surface area contributed by atoms with Gasteiger partial charge >= 0.3 is 0 Å². The predicted molar refractivity (Wildman–Crippen MR) is 74.4 cm³/mol. The molecular formula is C12H9Cl2NO2S. The van der Waals surface area contributed by atoms with Crippen LogP contribution in [0.2, 0.25) is 10.0 Å². The molecule has 1 unspecified atom stereocenters. The number of carbonyl (C=O) groups excluding carboxylic acids is 1. The monoisotopic (exact) mass is 301 g/mol. The first-order valence-electron chi connectivity index (χ1n) is 5.03. The van der Waals surface area contributed by atoms with Gasteiger partial charge in [0.2, 0.25) is 0 Å². The molecule has 0 bridgehead atoms. The van der Waals surface area contributed by atoms with E-state index >= 15 is 0 Å². The van der Waals surface area contributed by atoms with Crippen LogP contribution in [-0.4, -0.2) is 11.0 Å². The van der Waals surface area contributed by atoms with E-state index in [1.807, 2.05) is 5.38 Å². The third kappa shape index (κ3) is 3.23. The van der Waals surface area contributed by atoms with Gasteiger partial charge in [-0.15, -0.1) is 0 Å². The molecule has 94 valence electrons. The minimum Gasteiger partial charge on any atom is -0.378 e. The Morgan fingerprint density at radius 3 is 2.50 bits per heavy atom. The largest absolute Gasteiger partial charge is 0.378 e. The van der Waals surface area contributed by atoms with Crippen LogP contribution in [0.4, 0.5) is 5.69 Å². The number of carbonyl (C=O) groups is 1. The number of hydrogen-bond acceptors (Lipinski definition) is 3. The van der Waals surface area contributed by atoms with Gasteiger partial charge in [0.1, 0.15) is 0 Å². The van der Waals surface area contributed by atoms with Crippen molar-refractivity contribution in [3.63, 3.8) is 0 Å². The van der Waals surface area contributed by atoms with Crippen molar-refractivity contribution < 1.29 is 9.90 Å². The lowest BCUT2D eigenvalue weighted by Crippen LogP contribution is -2.20. The second kappa shape index (κ2) is 5.71. The van der Waals surface area contributed by atoms with Crippen LogP contribution < -0.4 is 5.32 Å². The molecular weight excluding hydrogens is 293 g/mol. The summed E-state index contributed by atoms with van der Waals surface area (Å²) in [6.07, 6.45) is -1.30. The molecule has 1 aromatic heterocycles. The molecule has 0 fully saturated rings. The zero-order valence-corrected chi connectivity index (χ0v) is 11.4. The molecule has 1 aromatic carbocycles. The number of amides is 1. The standard InChI is InChI=1S/C12H9Cl2NO2S/c13-8-3-7(4-9(14)5-8)11(16)12(17)15-10-1-2-18-6-10/h1-6,11,16H,(H,15,17). The number of rotatable bonds is 3. The first-order chi connectivity index (χ1) is 8.56. The fraction of sp³-hybridized carbons (Fsp3) is 0.0833. The average molecular weight is 302 g/mol. The molecule has 0 saturated carbocycles. The van der Waals surface area contributed by atoms with Crippen LogP contribution in [0, 0.1) is 0 Å². The van der Waals surface area contributed by atoms with Crippen LogP contribution in [0.25, 0.3) is 0 Å². The minimum atomic E-state index is -1.30. The molecule has 0 aliphatic carbocycles. The SMILES string of the molecule is O=C(Nc1ccsc1)C(O)c1cc(Cl)cc(Cl)c1. The average Bonchev–Trinajstić information content (AvgIpc) is 2.79. The van der Waals surface area contributed by atoms with Crippen LogP contribution in [0.3, 0.4) is 0 Å². The van der Waals surface area contributed by atoms with Gasteiger partial charge in [-0.25, -0.2) is 0 Å². The number of hydrogen-bond donors (Lipinski definition) is 2. The number of halogens is 2. The van der Waals surface area contributed by atoms with Gasteiger partial charge in [-0.3, -0.25) is 4.79 Å². The van der Waals surface area contributed by atoms with Crippen LogP contribution in [0.1, 0.15) is 11.7 Å². The van der Waals surface area contributed by atoms with Gasteiger partial charge < -0.3 is 10.4 Å². The molecule has 2 N–H and O–H groups in total. The Hall–Kier alpha value is -1.07. The molecule has 0 radical (unpaired) electrons. The number of benzene rings is 1. The maximum Gasteiger partial charge on any atom is 0.257 e. The third-order valence-corrected chi connectivity index (χ3v) is 3.36. The highest BCUT2D eigenvalue weighted by Gasteiger charge is 2.18. The minimum absolute atomic E-state index is 0.361. The first kappa shape index (κ1) is 13.4. The summed E-state index contributed by atoms with van der Waals surface area (Å²) in [6, 6.07) is 6.30. The Morgan fingerprint density at radius 1 is 1.28 bits per heavy atom. The van der Waals surface area contributed by atoms with E-state index in [4.69, 9.17) is 23.2 Å². The van der Waals surface area contributed by atoms with Crippen molar-refractivity contribution in [1.82, 2.24) is 0 Å². The van der Waals surface area contributed by atoms with E-state index in [0.717, 1.165) is 0 Å². The summed E-state index contributed by atoms with van der Waals surface area (Å²) in [6.45, 7) is 0. The zero-order chi connectivity index (χ0) is 13.1. The molecule has 0 saturated heterocycles. The predicted octanol–water partition coefficient (Wildman–Crippen LogP) is 3.73. The van der Waals surface area contributed by atoms with Gasteiger partial charge in [-0.2, -0.15) is 11.3 Å². The molecule has 2 rings (SSSR count). The summed E-state index contributed by atoms with van der Waals surface area (Å²) >= 11 is 13.1. The van der Waals surface area contributed by atoms with Gasteiger partial charge in [0.15, 0.2) is 6.10 Å². The number of aliphatic hydroxyl groups is 1. The Morgan fingerprint density at radius 2 is 1.94 bits per heavy atom. The highest BCUT2D eigenvalue weighted by atomic mass is 35.5. The molecule has 0 aliphatic heterocycles. The van der Waals surface area contributed by atoms with Crippen LogP contribution in [0.5, 0.6) is 0 Å². The van der Waals surface area contributed by atoms with Crippen molar-refractivity contribution in [2.24, 2.45) is 0 Å². The number of thiophene rings is 1. The topological polar surface area (TPSA) is 49.3 Å². The first-order valence-corrected chi connectivity index (χ1v) is 6.73. The van der Waals surface area contributed by atoms with Gasteiger partial charge in [-0.1, -0.05) is 23.2 Å². The summed E-state index contributed by atoms with van der Waals surface area (Å²) in [5, 5.41) is 16.9. The summed E-state index contributed by atoms with van der Waals surface area (Å²) in [5.41, 5.74) is 1.01. The van der Waals surface area contributed by atoms with E-state index in [2.05, 4.69) is 5.32 Å². The highest BCUT2D eigenvalue weighted by molar-refractivity contribution is 7.08. The Kier molecular flexibility index (Phi) is 4.24. The van der Waals surface area contributed by atoms with Crippen molar-refractivity contribution in [3.8, 4) is 0 Å². The van der Waals surface area contributed by atoms with E-state index in [-0.39, 0.29) is 0 Å². The van der Waals surface area contributed by atoms with Crippen LogP contribution in [-0.2, 0) is 4.79 Å². The lowest BCUT2D eigenvalue weighted by molar-refractivity contribution is -0.124.